The van der Waals surface area contributed by atoms with Crippen molar-refractivity contribution in [3.63, 3.8) is 0 Å². The molecule has 8 heteroatoms. The summed E-state index contributed by atoms with van der Waals surface area (Å²) < 4.78 is 1.04. The molecule has 2 N–H and O–H groups in total. The number of amides is 1. The van der Waals surface area contributed by atoms with E-state index < -0.39 is 6.09 Å². The van der Waals surface area contributed by atoms with Gasteiger partial charge < -0.3 is 20.0 Å². The highest BCUT2D eigenvalue weighted by Gasteiger charge is 2.34. The third kappa shape index (κ3) is 3.64. The second-order valence-electron chi connectivity index (χ2n) is 8.33. The standard InChI is InChI=1S/C23H24ClN3O3S/c1-13-7-19(22-20(25-13)10-17(12-28)31-22)18-9-15(24)8-14-3-2-5-27(21(14)18)16-4-6-26(11-16)23(29)30/h7-10,16,28H,2-6,11-12H2,1H3,(H,29,30). The molecular weight excluding hydrogens is 434 g/mol. The fourth-order valence-corrected chi connectivity index (χ4v) is 6.19. The van der Waals surface area contributed by atoms with Crippen LogP contribution in [0.25, 0.3) is 21.3 Å². The zero-order chi connectivity index (χ0) is 21.7. The second-order valence-corrected chi connectivity index (χ2v) is 9.90. The number of likely N-dealkylation sites (tertiary alicyclic amines) is 1. The van der Waals surface area contributed by atoms with Crippen LogP contribution in [0.1, 0.15) is 29.0 Å². The Hall–Kier alpha value is -2.35. The lowest BCUT2D eigenvalue weighted by atomic mass is 9.92. The van der Waals surface area contributed by atoms with Gasteiger partial charge in [0, 0.05) is 58.1 Å². The predicted molar refractivity (Wildman–Crippen MR) is 124 cm³/mol. The summed E-state index contributed by atoms with van der Waals surface area (Å²) in [7, 11) is 0. The number of halogens is 1. The first kappa shape index (κ1) is 20.5. The molecule has 0 spiro atoms. The van der Waals surface area contributed by atoms with Crippen LogP contribution in [-0.4, -0.2) is 51.9 Å². The molecule has 0 radical (unpaired) electrons. The molecule has 6 nitrogen and oxygen atoms in total. The van der Waals surface area contributed by atoms with Crippen LogP contribution in [-0.2, 0) is 13.0 Å². The van der Waals surface area contributed by atoms with Gasteiger partial charge in [-0.1, -0.05) is 11.6 Å². The topological polar surface area (TPSA) is 76.9 Å². The fourth-order valence-electron chi connectivity index (χ4n) is 4.96. The van der Waals surface area contributed by atoms with E-state index in [0.717, 1.165) is 57.7 Å². The summed E-state index contributed by atoms with van der Waals surface area (Å²) in [5.74, 6) is 0. The molecule has 0 saturated carbocycles. The summed E-state index contributed by atoms with van der Waals surface area (Å²) in [6.07, 6.45) is 1.95. The van der Waals surface area contributed by atoms with Crippen molar-refractivity contribution in [2.45, 2.75) is 38.8 Å². The molecule has 1 saturated heterocycles. The molecular formula is C23H24ClN3O3S. The van der Waals surface area contributed by atoms with Crippen molar-refractivity contribution in [1.82, 2.24) is 9.88 Å². The minimum atomic E-state index is -0.849. The molecule has 0 bridgehead atoms. The number of fused-ring (bicyclic) bond motifs is 2. The van der Waals surface area contributed by atoms with Gasteiger partial charge >= 0.3 is 6.09 Å². The number of hydrogen-bond donors (Lipinski definition) is 2. The quantitative estimate of drug-likeness (QED) is 0.583. The maximum atomic E-state index is 11.5. The number of aromatic nitrogens is 1. The van der Waals surface area contributed by atoms with Gasteiger partial charge in [-0.2, -0.15) is 0 Å². The monoisotopic (exact) mass is 457 g/mol. The first-order valence-electron chi connectivity index (χ1n) is 10.5. The van der Waals surface area contributed by atoms with Crippen molar-refractivity contribution in [3.05, 3.63) is 45.4 Å². The Morgan fingerprint density at radius 2 is 2.10 bits per heavy atom. The van der Waals surface area contributed by atoms with E-state index in [1.165, 1.54) is 16.2 Å². The summed E-state index contributed by atoms with van der Waals surface area (Å²) in [5.41, 5.74) is 6.32. The lowest BCUT2D eigenvalue weighted by Gasteiger charge is -2.38. The van der Waals surface area contributed by atoms with E-state index in [9.17, 15) is 15.0 Å². The van der Waals surface area contributed by atoms with Gasteiger partial charge in [0.25, 0.3) is 0 Å². The smallest absolute Gasteiger partial charge is 0.407 e. The molecule has 4 heterocycles. The zero-order valence-corrected chi connectivity index (χ0v) is 18.8. The molecule has 3 aromatic rings. The highest BCUT2D eigenvalue weighted by atomic mass is 35.5. The number of carboxylic acid groups (broad SMARTS) is 1. The van der Waals surface area contributed by atoms with E-state index in [2.05, 4.69) is 22.0 Å². The normalized spacial score (nSPS) is 18.6. The van der Waals surface area contributed by atoms with Gasteiger partial charge in [-0.3, -0.25) is 4.98 Å². The number of pyridine rings is 1. The first-order valence-corrected chi connectivity index (χ1v) is 11.7. The van der Waals surface area contributed by atoms with Crippen LogP contribution in [0.3, 0.4) is 0 Å². The molecule has 5 rings (SSSR count). The number of aliphatic hydroxyl groups is 1. The van der Waals surface area contributed by atoms with Crippen LogP contribution >= 0.6 is 22.9 Å². The fraction of sp³-hybridized carbons (Fsp3) is 0.391. The summed E-state index contributed by atoms with van der Waals surface area (Å²) >= 11 is 8.13. The van der Waals surface area contributed by atoms with Crippen molar-refractivity contribution in [3.8, 4) is 11.1 Å². The highest BCUT2D eigenvalue weighted by Crippen LogP contribution is 2.45. The number of rotatable bonds is 3. The Kier molecular flexibility index (Phi) is 5.28. The van der Waals surface area contributed by atoms with Gasteiger partial charge in [0.05, 0.1) is 16.8 Å². The summed E-state index contributed by atoms with van der Waals surface area (Å²) in [6.45, 7) is 3.97. The van der Waals surface area contributed by atoms with E-state index >= 15 is 0 Å². The summed E-state index contributed by atoms with van der Waals surface area (Å²) in [5, 5.41) is 19.8. The predicted octanol–water partition coefficient (Wildman–Crippen LogP) is 4.92. The van der Waals surface area contributed by atoms with Gasteiger partial charge in [-0.25, -0.2) is 4.79 Å². The average Bonchev–Trinajstić information content (AvgIpc) is 3.39. The number of aliphatic hydroxyl groups excluding tert-OH is 1. The Morgan fingerprint density at radius 1 is 1.26 bits per heavy atom. The maximum absolute atomic E-state index is 11.5. The van der Waals surface area contributed by atoms with Crippen LogP contribution in [0, 0.1) is 6.92 Å². The van der Waals surface area contributed by atoms with Gasteiger partial charge in [-0.15, -0.1) is 11.3 Å². The Bertz CT molecular complexity index is 1180. The first-order chi connectivity index (χ1) is 14.9. The summed E-state index contributed by atoms with van der Waals surface area (Å²) in [4.78, 5) is 21.0. The highest BCUT2D eigenvalue weighted by molar-refractivity contribution is 7.19. The molecule has 2 aliphatic heterocycles. The summed E-state index contributed by atoms with van der Waals surface area (Å²) in [6, 6.07) is 8.28. The molecule has 2 aliphatic rings. The molecule has 1 amide bonds. The van der Waals surface area contributed by atoms with Crippen LogP contribution in [0.15, 0.2) is 24.3 Å². The maximum Gasteiger partial charge on any atom is 0.407 e. The molecule has 1 aromatic carbocycles. The number of hydrogen-bond acceptors (Lipinski definition) is 5. The van der Waals surface area contributed by atoms with E-state index in [1.54, 1.807) is 11.3 Å². The number of carbonyl (C=O) groups is 1. The zero-order valence-electron chi connectivity index (χ0n) is 17.3. The number of thiophene rings is 1. The van der Waals surface area contributed by atoms with Crippen LogP contribution < -0.4 is 4.90 Å². The molecule has 162 valence electrons. The average molecular weight is 458 g/mol. The van der Waals surface area contributed by atoms with Crippen LogP contribution in [0.5, 0.6) is 0 Å². The van der Waals surface area contributed by atoms with Crippen molar-refractivity contribution in [2.24, 2.45) is 0 Å². The molecule has 31 heavy (non-hydrogen) atoms. The van der Waals surface area contributed by atoms with Gasteiger partial charge in [-0.05, 0) is 56.0 Å². The second kappa shape index (κ2) is 7.97. The number of aryl methyl sites for hydroxylation is 2. The molecule has 0 aliphatic carbocycles. The lowest BCUT2D eigenvalue weighted by Crippen LogP contribution is -2.42. The van der Waals surface area contributed by atoms with Crippen molar-refractivity contribution in [2.75, 3.05) is 24.5 Å². The third-order valence-electron chi connectivity index (χ3n) is 6.26. The van der Waals surface area contributed by atoms with E-state index in [4.69, 9.17) is 11.6 Å². The van der Waals surface area contributed by atoms with E-state index in [0.29, 0.717) is 18.1 Å². The van der Waals surface area contributed by atoms with Crippen LogP contribution in [0.4, 0.5) is 10.5 Å². The number of benzene rings is 1. The van der Waals surface area contributed by atoms with Gasteiger partial charge in [0.1, 0.15) is 0 Å². The SMILES string of the molecule is Cc1cc(-c2cc(Cl)cc3c2N(C2CCN(C(=O)O)C2)CCC3)c2sc(CO)cc2n1. The van der Waals surface area contributed by atoms with Gasteiger partial charge in [0.2, 0.25) is 0 Å². The van der Waals surface area contributed by atoms with Gasteiger partial charge in [0.15, 0.2) is 0 Å². The van der Waals surface area contributed by atoms with E-state index in [-0.39, 0.29) is 12.6 Å². The molecule has 1 unspecified atom stereocenters. The van der Waals surface area contributed by atoms with Crippen molar-refractivity contribution < 1.29 is 15.0 Å². The number of nitrogens with zero attached hydrogens (tertiary/aromatic N) is 3. The lowest BCUT2D eigenvalue weighted by molar-refractivity contribution is 0.155. The van der Waals surface area contributed by atoms with Crippen molar-refractivity contribution >= 4 is 44.9 Å². The third-order valence-corrected chi connectivity index (χ3v) is 7.63. The Morgan fingerprint density at radius 3 is 2.84 bits per heavy atom. The van der Waals surface area contributed by atoms with Crippen molar-refractivity contribution in [1.29, 1.82) is 0 Å². The minimum absolute atomic E-state index is 0.00755. The molecule has 1 fully saturated rings. The molecule has 2 aromatic heterocycles. The van der Waals surface area contributed by atoms with Crippen LogP contribution in [0.2, 0.25) is 5.02 Å². The largest absolute Gasteiger partial charge is 0.465 e. The van der Waals surface area contributed by atoms with E-state index in [1.807, 2.05) is 19.1 Å². The Labute approximate surface area is 189 Å². The number of anilines is 1. The molecule has 1 atom stereocenters. The minimum Gasteiger partial charge on any atom is -0.465 e. The Balaban J connectivity index is 1.68.